The minimum Gasteiger partial charge on any atom is -0.393 e. The molecule has 0 radical (unpaired) electrons. The number of hydrogen-bond acceptors (Lipinski definition) is 3. The molecule has 1 rings (SSSR count). The zero-order chi connectivity index (χ0) is 12.8. The van der Waals surface area contributed by atoms with Crippen LogP contribution in [0.4, 0.5) is 0 Å². The number of thiocarbonyl (C=S) groups is 1. The van der Waals surface area contributed by atoms with Crippen LogP contribution in [0.5, 0.6) is 0 Å². The molecular weight excluding hydrogens is 302 g/mol. The number of nitrogens with zero attached hydrogens (tertiary/aromatic N) is 1. The van der Waals surface area contributed by atoms with Gasteiger partial charge in [0.2, 0.25) is 0 Å². The highest BCUT2D eigenvalue weighted by Crippen LogP contribution is 2.13. The summed E-state index contributed by atoms with van der Waals surface area (Å²) in [5.41, 5.74) is 5.84. The largest absolute Gasteiger partial charge is 0.393 e. The zero-order valence-electron chi connectivity index (χ0n) is 9.44. The van der Waals surface area contributed by atoms with Crippen LogP contribution in [0.2, 0.25) is 0 Å². The van der Waals surface area contributed by atoms with Crippen molar-refractivity contribution in [2.75, 3.05) is 0 Å². The predicted octanol–water partition coefficient (Wildman–Crippen LogP) is 2.03. The first kappa shape index (κ1) is 14.1. The Balaban J connectivity index is 2.71. The lowest BCUT2D eigenvalue weighted by Crippen LogP contribution is -2.37. The average molecular weight is 316 g/mol. The van der Waals surface area contributed by atoms with E-state index in [0.717, 1.165) is 6.42 Å². The second kappa shape index (κ2) is 6.66. The van der Waals surface area contributed by atoms with Crippen LogP contribution in [0.1, 0.15) is 30.3 Å². The van der Waals surface area contributed by atoms with E-state index in [-0.39, 0.29) is 11.9 Å². The van der Waals surface area contributed by atoms with E-state index in [2.05, 4.69) is 26.2 Å². The number of nitrogens with one attached hydrogen (secondary N) is 1. The summed E-state index contributed by atoms with van der Waals surface area (Å²) in [6.45, 7) is 1.97. The van der Waals surface area contributed by atoms with Crippen molar-refractivity contribution in [3.05, 3.63) is 28.5 Å². The Morgan fingerprint density at radius 2 is 2.41 bits per heavy atom. The summed E-state index contributed by atoms with van der Waals surface area (Å²) in [7, 11) is 0. The number of hydrogen-bond donors (Lipinski definition) is 2. The van der Waals surface area contributed by atoms with Gasteiger partial charge in [0, 0.05) is 23.1 Å². The number of aromatic nitrogens is 1. The fourth-order valence-electron chi connectivity index (χ4n) is 1.35. The molecule has 3 N–H and O–H groups in total. The zero-order valence-corrected chi connectivity index (χ0v) is 11.8. The van der Waals surface area contributed by atoms with Gasteiger partial charge >= 0.3 is 0 Å². The standard InChI is InChI=1S/C11H14BrN3OS/c1-2-7(6-9(13)17)15-11(16)10-8(12)4-3-5-14-10/h3-5,7H,2,6H2,1H3,(H2,13,17)(H,15,16). The van der Waals surface area contributed by atoms with Gasteiger partial charge in [0.05, 0.1) is 4.99 Å². The lowest BCUT2D eigenvalue weighted by molar-refractivity contribution is 0.0931. The van der Waals surface area contributed by atoms with Crippen LogP contribution in [-0.4, -0.2) is 21.9 Å². The molecule has 1 aromatic rings. The Morgan fingerprint density at radius 3 is 2.94 bits per heavy atom. The second-order valence-corrected chi connectivity index (χ2v) is 4.96. The minimum atomic E-state index is -0.222. The number of carbonyl (C=O) groups excluding carboxylic acids is 1. The van der Waals surface area contributed by atoms with Crippen molar-refractivity contribution in [1.29, 1.82) is 0 Å². The first-order chi connectivity index (χ1) is 8.04. The third-order valence-corrected chi connectivity index (χ3v) is 3.06. The molecule has 0 aliphatic heterocycles. The first-order valence-corrected chi connectivity index (χ1v) is 6.44. The molecule has 0 aliphatic rings. The van der Waals surface area contributed by atoms with Crippen molar-refractivity contribution in [3.63, 3.8) is 0 Å². The fraction of sp³-hybridized carbons (Fsp3) is 0.364. The Morgan fingerprint density at radius 1 is 1.71 bits per heavy atom. The van der Waals surface area contributed by atoms with Crippen LogP contribution in [0.25, 0.3) is 0 Å². The Labute approximate surface area is 114 Å². The van der Waals surface area contributed by atoms with Gasteiger partial charge in [-0.2, -0.15) is 0 Å². The molecule has 0 saturated carbocycles. The molecule has 1 amide bonds. The van der Waals surface area contributed by atoms with E-state index >= 15 is 0 Å². The van der Waals surface area contributed by atoms with Crippen molar-refractivity contribution in [2.45, 2.75) is 25.8 Å². The smallest absolute Gasteiger partial charge is 0.271 e. The molecule has 0 bridgehead atoms. The summed E-state index contributed by atoms with van der Waals surface area (Å²) in [4.78, 5) is 16.4. The fourth-order valence-corrected chi connectivity index (χ4v) is 1.98. The summed E-state index contributed by atoms with van der Waals surface area (Å²) < 4.78 is 0.669. The van der Waals surface area contributed by atoms with E-state index in [0.29, 0.717) is 21.6 Å². The molecule has 1 unspecified atom stereocenters. The molecule has 92 valence electrons. The van der Waals surface area contributed by atoms with E-state index in [1.165, 1.54) is 0 Å². The van der Waals surface area contributed by atoms with Gasteiger partial charge in [0.15, 0.2) is 0 Å². The number of halogens is 1. The van der Waals surface area contributed by atoms with Crippen LogP contribution < -0.4 is 11.1 Å². The monoisotopic (exact) mass is 315 g/mol. The highest BCUT2D eigenvalue weighted by molar-refractivity contribution is 9.10. The first-order valence-electron chi connectivity index (χ1n) is 5.24. The lowest BCUT2D eigenvalue weighted by Gasteiger charge is -2.16. The Kier molecular flexibility index (Phi) is 5.50. The molecule has 0 saturated heterocycles. The highest BCUT2D eigenvalue weighted by atomic mass is 79.9. The summed E-state index contributed by atoms with van der Waals surface area (Å²) in [5.74, 6) is -0.222. The van der Waals surface area contributed by atoms with E-state index in [4.69, 9.17) is 18.0 Å². The molecule has 1 heterocycles. The maximum atomic E-state index is 11.9. The van der Waals surface area contributed by atoms with Gasteiger partial charge < -0.3 is 11.1 Å². The number of rotatable bonds is 5. The topological polar surface area (TPSA) is 68.0 Å². The maximum Gasteiger partial charge on any atom is 0.271 e. The van der Waals surface area contributed by atoms with Crippen molar-refractivity contribution in [2.24, 2.45) is 5.73 Å². The molecule has 6 heteroatoms. The van der Waals surface area contributed by atoms with E-state index in [9.17, 15) is 4.79 Å². The molecule has 0 aromatic carbocycles. The normalized spacial score (nSPS) is 11.9. The van der Waals surface area contributed by atoms with E-state index in [1.807, 2.05) is 6.92 Å². The lowest BCUT2D eigenvalue weighted by atomic mass is 10.1. The van der Waals surface area contributed by atoms with Crippen LogP contribution >= 0.6 is 28.1 Å². The van der Waals surface area contributed by atoms with Crippen molar-refractivity contribution >= 4 is 39.0 Å². The number of pyridine rings is 1. The summed E-state index contributed by atoms with van der Waals surface area (Å²) in [6.07, 6.45) is 2.85. The second-order valence-electron chi connectivity index (χ2n) is 3.58. The van der Waals surface area contributed by atoms with Gasteiger partial charge in [0.1, 0.15) is 5.69 Å². The third kappa shape index (κ3) is 4.40. The van der Waals surface area contributed by atoms with Gasteiger partial charge in [-0.05, 0) is 34.5 Å². The molecule has 17 heavy (non-hydrogen) atoms. The highest BCUT2D eigenvalue weighted by Gasteiger charge is 2.15. The molecule has 1 aromatic heterocycles. The van der Waals surface area contributed by atoms with Gasteiger partial charge in [-0.3, -0.25) is 4.79 Å². The summed E-state index contributed by atoms with van der Waals surface area (Å²) >= 11 is 8.12. The van der Waals surface area contributed by atoms with Crippen molar-refractivity contribution in [3.8, 4) is 0 Å². The van der Waals surface area contributed by atoms with E-state index in [1.54, 1.807) is 18.3 Å². The molecule has 1 atom stereocenters. The molecular formula is C11H14BrN3OS. The summed E-state index contributed by atoms with van der Waals surface area (Å²) in [6, 6.07) is 3.48. The van der Waals surface area contributed by atoms with Gasteiger partial charge in [0.25, 0.3) is 5.91 Å². The van der Waals surface area contributed by atoms with Gasteiger partial charge in [-0.15, -0.1) is 0 Å². The number of carbonyl (C=O) groups is 1. The Hall–Kier alpha value is -1.01. The van der Waals surface area contributed by atoms with Crippen LogP contribution in [0.3, 0.4) is 0 Å². The molecule has 0 spiro atoms. The molecule has 4 nitrogen and oxygen atoms in total. The predicted molar refractivity (Wildman–Crippen MR) is 74.9 cm³/mol. The van der Waals surface area contributed by atoms with Crippen LogP contribution in [0, 0.1) is 0 Å². The maximum absolute atomic E-state index is 11.9. The van der Waals surface area contributed by atoms with Crippen molar-refractivity contribution in [1.82, 2.24) is 10.3 Å². The van der Waals surface area contributed by atoms with Crippen molar-refractivity contribution < 1.29 is 4.79 Å². The number of nitrogens with two attached hydrogens (primary N) is 1. The van der Waals surface area contributed by atoms with Gasteiger partial charge in [-0.1, -0.05) is 19.1 Å². The Bertz CT molecular complexity index is 425. The summed E-state index contributed by atoms with van der Waals surface area (Å²) in [5, 5.41) is 2.86. The van der Waals surface area contributed by atoms with Gasteiger partial charge in [-0.25, -0.2) is 4.98 Å². The third-order valence-electron chi connectivity index (χ3n) is 2.25. The molecule has 0 fully saturated rings. The quantitative estimate of drug-likeness (QED) is 0.816. The van der Waals surface area contributed by atoms with Crippen LogP contribution in [0.15, 0.2) is 22.8 Å². The number of amides is 1. The SMILES string of the molecule is CCC(CC(N)=S)NC(=O)c1ncccc1Br. The van der Waals surface area contributed by atoms with E-state index < -0.39 is 0 Å². The average Bonchev–Trinajstić information content (AvgIpc) is 2.27. The van der Waals surface area contributed by atoms with Crippen LogP contribution in [-0.2, 0) is 0 Å². The minimum absolute atomic E-state index is 0.0473. The molecule has 0 aliphatic carbocycles.